The lowest BCUT2D eigenvalue weighted by atomic mass is 9.75. The normalized spacial score (nSPS) is 33.7. The summed E-state index contributed by atoms with van der Waals surface area (Å²) in [7, 11) is 0. The molecule has 2 bridgehead atoms. The fourth-order valence-electron chi connectivity index (χ4n) is 8.08. The summed E-state index contributed by atoms with van der Waals surface area (Å²) < 4.78 is 2.67. The SMILES string of the molecule is CC1C[C@@H](C)C[C@@H](N2[C@@H]3CCC[C@H]2C[C@@H](n2c(=O)c4ccccc4n(CC(=O)O)c2=O)C3)C[C@@H](C)C1. The van der Waals surface area contributed by atoms with Gasteiger partial charge in [-0.25, -0.2) is 4.79 Å². The zero-order valence-electron chi connectivity index (χ0n) is 21.9. The molecular formula is C29H41N3O4. The van der Waals surface area contributed by atoms with Gasteiger partial charge in [0.1, 0.15) is 6.54 Å². The number of rotatable bonds is 4. The molecule has 7 heteroatoms. The highest BCUT2D eigenvalue weighted by Gasteiger charge is 2.44. The summed E-state index contributed by atoms with van der Waals surface area (Å²) in [5.74, 6) is 1.12. The second-order valence-electron chi connectivity index (χ2n) is 12.2. The molecule has 2 aromatic rings. The molecule has 3 heterocycles. The van der Waals surface area contributed by atoms with E-state index in [-0.39, 0.29) is 11.6 Å². The van der Waals surface area contributed by atoms with Crippen molar-refractivity contribution in [1.82, 2.24) is 14.0 Å². The Labute approximate surface area is 213 Å². The second kappa shape index (κ2) is 10.2. The third kappa shape index (κ3) is 4.79. The molecule has 1 N–H and O–H groups in total. The van der Waals surface area contributed by atoms with E-state index < -0.39 is 18.2 Å². The Hall–Kier alpha value is -2.41. The van der Waals surface area contributed by atoms with Crippen LogP contribution in [0.1, 0.15) is 84.6 Å². The molecule has 196 valence electrons. The van der Waals surface area contributed by atoms with Crippen molar-refractivity contribution in [2.75, 3.05) is 0 Å². The van der Waals surface area contributed by atoms with Gasteiger partial charge in [0.25, 0.3) is 5.56 Å². The number of hydrogen-bond acceptors (Lipinski definition) is 4. The maximum absolute atomic E-state index is 13.6. The van der Waals surface area contributed by atoms with Gasteiger partial charge < -0.3 is 5.11 Å². The summed E-state index contributed by atoms with van der Waals surface area (Å²) in [6.07, 6.45) is 10.0. The number of para-hydroxylation sites is 1. The number of nitrogens with zero attached hydrogens (tertiary/aromatic N) is 3. The highest BCUT2D eigenvalue weighted by molar-refractivity contribution is 5.79. The molecule has 2 saturated heterocycles. The highest BCUT2D eigenvalue weighted by Crippen LogP contribution is 2.43. The van der Waals surface area contributed by atoms with Crippen LogP contribution in [0, 0.1) is 17.8 Å². The third-order valence-corrected chi connectivity index (χ3v) is 9.13. The maximum atomic E-state index is 13.6. The van der Waals surface area contributed by atoms with Crippen LogP contribution in [0.2, 0.25) is 0 Å². The van der Waals surface area contributed by atoms with Crippen molar-refractivity contribution in [3.63, 3.8) is 0 Å². The number of aliphatic carboxylic acids is 1. The molecule has 3 fully saturated rings. The van der Waals surface area contributed by atoms with Gasteiger partial charge >= 0.3 is 11.7 Å². The largest absolute Gasteiger partial charge is 0.480 e. The van der Waals surface area contributed by atoms with Gasteiger partial charge in [-0.05, 0) is 81.3 Å². The molecule has 2 aliphatic heterocycles. The monoisotopic (exact) mass is 495 g/mol. The smallest absolute Gasteiger partial charge is 0.332 e. The van der Waals surface area contributed by atoms with Gasteiger partial charge in [-0.3, -0.25) is 23.6 Å². The molecular weight excluding hydrogens is 454 g/mol. The summed E-state index contributed by atoms with van der Waals surface area (Å²) in [5.41, 5.74) is -0.369. The first-order chi connectivity index (χ1) is 17.2. The Morgan fingerprint density at radius 2 is 1.42 bits per heavy atom. The predicted molar refractivity (Wildman–Crippen MR) is 141 cm³/mol. The van der Waals surface area contributed by atoms with Gasteiger partial charge in [0.05, 0.1) is 10.9 Å². The van der Waals surface area contributed by atoms with E-state index in [4.69, 9.17) is 0 Å². The summed E-state index contributed by atoms with van der Waals surface area (Å²) in [5, 5.41) is 9.90. The number of fused-ring (bicyclic) bond motifs is 3. The molecule has 1 aromatic heterocycles. The Morgan fingerprint density at radius 3 is 2.03 bits per heavy atom. The van der Waals surface area contributed by atoms with E-state index in [0.717, 1.165) is 31.6 Å². The lowest BCUT2D eigenvalue weighted by Crippen LogP contribution is -2.59. The molecule has 5 rings (SSSR count). The van der Waals surface area contributed by atoms with Crippen molar-refractivity contribution in [1.29, 1.82) is 0 Å². The number of hydrogen-bond donors (Lipinski definition) is 1. The summed E-state index contributed by atoms with van der Waals surface area (Å²) in [6, 6.07) is 8.01. The fourth-order valence-corrected chi connectivity index (χ4v) is 8.08. The first kappa shape index (κ1) is 25.2. The Morgan fingerprint density at radius 1 is 0.833 bits per heavy atom. The average molecular weight is 496 g/mol. The molecule has 36 heavy (non-hydrogen) atoms. The van der Waals surface area contributed by atoms with E-state index in [1.807, 2.05) is 0 Å². The van der Waals surface area contributed by atoms with Crippen molar-refractivity contribution >= 4 is 16.9 Å². The zero-order chi connectivity index (χ0) is 25.6. The van der Waals surface area contributed by atoms with Gasteiger partial charge in [-0.2, -0.15) is 0 Å². The minimum atomic E-state index is -1.08. The van der Waals surface area contributed by atoms with E-state index in [9.17, 15) is 19.5 Å². The second-order valence-corrected chi connectivity index (χ2v) is 12.2. The number of aromatic nitrogens is 2. The quantitative estimate of drug-likeness (QED) is 0.667. The number of carbonyl (C=O) groups is 1. The van der Waals surface area contributed by atoms with Crippen LogP contribution in [0.4, 0.5) is 0 Å². The predicted octanol–water partition coefficient (Wildman–Crippen LogP) is 4.66. The molecule has 1 saturated carbocycles. The Kier molecular flexibility index (Phi) is 7.12. The van der Waals surface area contributed by atoms with Crippen LogP contribution in [0.3, 0.4) is 0 Å². The molecule has 0 amide bonds. The van der Waals surface area contributed by atoms with E-state index in [0.29, 0.717) is 40.9 Å². The zero-order valence-corrected chi connectivity index (χ0v) is 21.9. The number of piperidine rings is 2. The topological polar surface area (TPSA) is 84.5 Å². The van der Waals surface area contributed by atoms with Gasteiger partial charge in [0.2, 0.25) is 0 Å². The number of benzene rings is 1. The maximum Gasteiger partial charge on any atom is 0.332 e. The van der Waals surface area contributed by atoms with Crippen LogP contribution in [-0.2, 0) is 11.3 Å². The number of carboxylic acids is 1. The summed E-state index contributed by atoms with van der Waals surface area (Å²) in [4.78, 5) is 41.6. The van der Waals surface area contributed by atoms with Gasteiger partial charge in [0.15, 0.2) is 0 Å². The lowest BCUT2D eigenvalue weighted by Gasteiger charge is -2.53. The van der Waals surface area contributed by atoms with Crippen LogP contribution in [0.5, 0.6) is 0 Å². The van der Waals surface area contributed by atoms with Crippen molar-refractivity contribution in [3.8, 4) is 0 Å². The van der Waals surface area contributed by atoms with Crippen molar-refractivity contribution < 1.29 is 9.90 Å². The van der Waals surface area contributed by atoms with Gasteiger partial charge in [-0.15, -0.1) is 0 Å². The standard InChI is InChI=1S/C29H41N3O4/c1-18-11-19(2)13-23(14-20(3)12-18)31-21-7-6-8-22(31)16-24(15-21)32-28(35)25-9-4-5-10-26(25)30(29(32)36)17-27(33)34/h4-5,9-10,18-24H,6-8,11-17H2,1-3H3,(H,33,34)/t18?,19-,20+,21-,22+,23-,24+. The highest BCUT2D eigenvalue weighted by atomic mass is 16.4. The Bertz CT molecular complexity index is 1210. The van der Waals surface area contributed by atoms with Crippen LogP contribution in [0.25, 0.3) is 10.9 Å². The van der Waals surface area contributed by atoms with Crippen molar-refractivity contribution in [2.45, 2.75) is 109 Å². The molecule has 3 aliphatic rings. The minimum absolute atomic E-state index is 0.190. The Balaban J connectivity index is 1.49. The molecule has 0 radical (unpaired) electrons. The van der Waals surface area contributed by atoms with E-state index in [1.165, 1.54) is 41.2 Å². The summed E-state index contributed by atoms with van der Waals surface area (Å²) >= 11 is 0. The minimum Gasteiger partial charge on any atom is -0.480 e. The van der Waals surface area contributed by atoms with E-state index in [2.05, 4.69) is 25.7 Å². The average Bonchev–Trinajstić information content (AvgIpc) is 2.79. The molecule has 1 unspecified atom stereocenters. The van der Waals surface area contributed by atoms with Crippen molar-refractivity contribution in [3.05, 3.63) is 45.1 Å². The van der Waals surface area contributed by atoms with Crippen LogP contribution < -0.4 is 11.2 Å². The van der Waals surface area contributed by atoms with Gasteiger partial charge in [-0.1, -0.05) is 39.3 Å². The first-order valence-electron chi connectivity index (χ1n) is 14.0. The van der Waals surface area contributed by atoms with E-state index in [1.54, 1.807) is 24.3 Å². The molecule has 1 aliphatic carbocycles. The molecule has 7 nitrogen and oxygen atoms in total. The van der Waals surface area contributed by atoms with Gasteiger partial charge in [0, 0.05) is 24.2 Å². The van der Waals surface area contributed by atoms with Crippen LogP contribution in [-0.4, -0.2) is 43.2 Å². The third-order valence-electron chi connectivity index (χ3n) is 9.13. The molecule has 1 aromatic carbocycles. The van der Waals surface area contributed by atoms with Crippen LogP contribution >= 0.6 is 0 Å². The van der Waals surface area contributed by atoms with Crippen LogP contribution in [0.15, 0.2) is 33.9 Å². The van der Waals surface area contributed by atoms with Crippen molar-refractivity contribution in [2.24, 2.45) is 17.8 Å². The lowest BCUT2D eigenvalue weighted by molar-refractivity contribution is -0.137. The summed E-state index contributed by atoms with van der Waals surface area (Å²) in [6.45, 7) is 6.76. The molecule has 0 spiro atoms. The van der Waals surface area contributed by atoms with E-state index >= 15 is 0 Å². The molecule has 7 atom stereocenters. The number of carboxylic acid groups (broad SMARTS) is 1. The fraction of sp³-hybridized carbons (Fsp3) is 0.690. The first-order valence-corrected chi connectivity index (χ1v) is 14.0.